The Morgan fingerprint density at radius 2 is 1.58 bits per heavy atom. The molecule has 0 aromatic heterocycles. The van der Waals surface area contributed by atoms with Gasteiger partial charge in [0, 0.05) is 5.69 Å². The van der Waals surface area contributed by atoms with Crippen LogP contribution in [0.4, 0.5) is 5.69 Å². The summed E-state index contributed by atoms with van der Waals surface area (Å²) in [6.07, 6.45) is 0. The van der Waals surface area contributed by atoms with E-state index in [9.17, 15) is 0 Å². The summed E-state index contributed by atoms with van der Waals surface area (Å²) in [5, 5.41) is 7.18. The lowest BCUT2D eigenvalue weighted by Gasteiger charge is -2.19. The summed E-state index contributed by atoms with van der Waals surface area (Å²) in [6.45, 7) is 11.4. The van der Waals surface area contributed by atoms with Gasteiger partial charge in [-0.1, -0.05) is 12.1 Å². The minimum Gasteiger partial charge on any atom is -0.490 e. The van der Waals surface area contributed by atoms with Gasteiger partial charge in [0.25, 0.3) is 0 Å². The highest BCUT2D eigenvalue weighted by molar-refractivity contribution is 7.80. The van der Waals surface area contributed by atoms with E-state index < -0.39 is 0 Å². The van der Waals surface area contributed by atoms with Crippen molar-refractivity contribution < 1.29 is 9.47 Å². The lowest BCUT2D eigenvalue weighted by atomic mass is 10.1. The number of hydrogen-bond acceptors (Lipinski definition) is 3. The molecule has 0 bridgehead atoms. The Morgan fingerprint density at radius 1 is 0.962 bits per heavy atom. The molecule has 5 heteroatoms. The fourth-order valence-electron chi connectivity index (χ4n) is 2.83. The second-order valence-corrected chi connectivity index (χ2v) is 6.68. The number of rotatable bonds is 7. The van der Waals surface area contributed by atoms with E-state index in [1.807, 2.05) is 32.0 Å². The van der Waals surface area contributed by atoms with E-state index >= 15 is 0 Å². The zero-order chi connectivity index (χ0) is 19.1. The zero-order valence-corrected chi connectivity index (χ0v) is 17.0. The van der Waals surface area contributed by atoms with Gasteiger partial charge in [0.15, 0.2) is 16.6 Å². The minimum atomic E-state index is 0.0378. The van der Waals surface area contributed by atoms with E-state index in [4.69, 9.17) is 21.7 Å². The van der Waals surface area contributed by atoms with E-state index in [-0.39, 0.29) is 6.04 Å². The molecule has 0 saturated carbocycles. The van der Waals surface area contributed by atoms with Crippen molar-refractivity contribution in [1.82, 2.24) is 5.32 Å². The largest absolute Gasteiger partial charge is 0.490 e. The molecule has 1 atom stereocenters. The Morgan fingerprint density at radius 3 is 2.19 bits per heavy atom. The predicted molar refractivity (Wildman–Crippen MR) is 112 cm³/mol. The normalized spacial score (nSPS) is 11.6. The van der Waals surface area contributed by atoms with E-state index in [1.165, 1.54) is 11.1 Å². The number of nitrogens with one attached hydrogen (secondary N) is 2. The maximum atomic E-state index is 5.71. The highest BCUT2D eigenvalue weighted by Crippen LogP contribution is 2.30. The van der Waals surface area contributed by atoms with E-state index in [0.717, 1.165) is 22.7 Å². The molecule has 0 aliphatic carbocycles. The Labute approximate surface area is 161 Å². The Bertz CT molecular complexity index is 741. The first kappa shape index (κ1) is 20.0. The van der Waals surface area contributed by atoms with Crippen molar-refractivity contribution in [3.8, 4) is 11.5 Å². The average molecular weight is 373 g/mol. The molecule has 0 unspecified atom stereocenters. The van der Waals surface area contributed by atoms with Crippen LogP contribution in [0, 0.1) is 13.8 Å². The first-order valence-electron chi connectivity index (χ1n) is 8.98. The van der Waals surface area contributed by atoms with Gasteiger partial charge in [-0.3, -0.25) is 0 Å². The Balaban J connectivity index is 2.07. The molecular formula is C21H28N2O2S. The predicted octanol–water partition coefficient (Wildman–Crippen LogP) is 5.15. The van der Waals surface area contributed by atoms with Gasteiger partial charge in [0.1, 0.15) is 0 Å². The van der Waals surface area contributed by atoms with Crippen LogP contribution in [0.25, 0.3) is 0 Å². The quantitative estimate of drug-likeness (QED) is 0.658. The van der Waals surface area contributed by atoms with Gasteiger partial charge >= 0.3 is 0 Å². The summed E-state index contributed by atoms with van der Waals surface area (Å²) in [5.74, 6) is 1.52. The van der Waals surface area contributed by atoms with Crippen molar-refractivity contribution in [2.45, 2.75) is 40.7 Å². The van der Waals surface area contributed by atoms with Crippen molar-refractivity contribution in [1.29, 1.82) is 0 Å². The van der Waals surface area contributed by atoms with Gasteiger partial charge in [0.05, 0.1) is 19.3 Å². The first-order chi connectivity index (χ1) is 12.4. The van der Waals surface area contributed by atoms with Crippen LogP contribution in [-0.4, -0.2) is 18.3 Å². The molecule has 26 heavy (non-hydrogen) atoms. The van der Waals surface area contributed by atoms with Crippen LogP contribution in [-0.2, 0) is 0 Å². The molecule has 0 radical (unpaired) electrons. The molecule has 2 rings (SSSR count). The van der Waals surface area contributed by atoms with Crippen molar-refractivity contribution in [3.05, 3.63) is 53.1 Å². The van der Waals surface area contributed by atoms with Crippen molar-refractivity contribution in [2.24, 2.45) is 0 Å². The van der Waals surface area contributed by atoms with Crippen LogP contribution in [0.1, 0.15) is 43.5 Å². The molecule has 2 aromatic carbocycles. The number of anilines is 1. The summed E-state index contributed by atoms with van der Waals surface area (Å²) in [5.41, 5.74) is 4.49. The third-order valence-electron chi connectivity index (χ3n) is 3.89. The van der Waals surface area contributed by atoms with E-state index in [1.54, 1.807) is 0 Å². The summed E-state index contributed by atoms with van der Waals surface area (Å²) in [7, 11) is 0. The van der Waals surface area contributed by atoms with Crippen LogP contribution < -0.4 is 20.1 Å². The minimum absolute atomic E-state index is 0.0378. The lowest BCUT2D eigenvalue weighted by molar-refractivity contribution is 0.287. The molecule has 0 amide bonds. The SMILES string of the molecule is CCOc1ccc([C@@H](C)NC(=S)Nc2cc(C)cc(C)c2)cc1OCC. The van der Waals surface area contributed by atoms with Crippen molar-refractivity contribution in [2.75, 3.05) is 18.5 Å². The molecule has 4 nitrogen and oxygen atoms in total. The molecular weight excluding hydrogens is 344 g/mol. The second kappa shape index (κ2) is 9.43. The maximum Gasteiger partial charge on any atom is 0.171 e. The summed E-state index contributed by atoms with van der Waals surface area (Å²) < 4.78 is 11.3. The average Bonchev–Trinajstić information content (AvgIpc) is 2.55. The van der Waals surface area contributed by atoms with Gasteiger partial charge in [0.2, 0.25) is 0 Å². The highest BCUT2D eigenvalue weighted by atomic mass is 32.1. The molecule has 2 N–H and O–H groups in total. The fraction of sp³-hybridized carbons (Fsp3) is 0.381. The molecule has 140 valence electrons. The van der Waals surface area contributed by atoms with Crippen LogP contribution in [0.3, 0.4) is 0 Å². The molecule has 0 saturated heterocycles. The van der Waals surface area contributed by atoms with Crippen LogP contribution in [0.2, 0.25) is 0 Å². The van der Waals surface area contributed by atoms with Gasteiger partial charge in [-0.15, -0.1) is 0 Å². The standard InChI is InChI=1S/C21H28N2O2S/c1-6-24-19-9-8-17(13-20(19)25-7-2)16(5)22-21(26)23-18-11-14(3)10-15(4)12-18/h8-13,16H,6-7H2,1-5H3,(H2,22,23,26)/t16-/m1/s1. The van der Waals surface area contributed by atoms with Gasteiger partial charge < -0.3 is 20.1 Å². The zero-order valence-electron chi connectivity index (χ0n) is 16.2. The molecule has 0 spiro atoms. The van der Waals surface area contributed by atoms with Gasteiger partial charge in [-0.05, 0) is 87.8 Å². The van der Waals surface area contributed by atoms with E-state index in [0.29, 0.717) is 18.3 Å². The lowest BCUT2D eigenvalue weighted by Crippen LogP contribution is -2.31. The number of aryl methyl sites for hydroxylation is 2. The third-order valence-corrected chi connectivity index (χ3v) is 4.11. The van der Waals surface area contributed by atoms with Crippen LogP contribution in [0.5, 0.6) is 11.5 Å². The highest BCUT2D eigenvalue weighted by Gasteiger charge is 2.12. The molecule has 2 aromatic rings. The Hall–Kier alpha value is -2.27. The summed E-state index contributed by atoms with van der Waals surface area (Å²) >= 11 is 5.47. The fourth-order valence-corrected chi connectivity index (χ4v) is 3.13. The van der Waals surface area contributed by atoms with Crippen molar-refractivity contribution in [3.63, 3.8) is 0 Å². The van der Waals surface area contributed by atoms with Crippen LogP contribution >= 0.6 is 12.2 Å². The van der Waals surface area contributed by atoms with Crippen LogP contribution in [0.15, 0.2) is 36.4 Å². The van der Waals surface area contributed by atoms with Crippen molar-refractivity contribution >= 4 is 23.0 Å². The number of hydrogen-bond donors (Lipinski definition) is 2. The molecule has 0 fully saturated rings. The summed E-state index contributed by atoms with van der Waals surface area (Å²) in [6, 6.07) is 12.3. The van der Waals surface area contributed by atoms with Gasteiger partial charge in [-0.2, -0.15) is 0 Å². The number of ether oxygens (including phenoxy) is 2. The number of thiocarbonyl (C=S) groups is 1. The van der Waals surface area contributed by atoms with E-state index in [2.05, 4.69) is 49.6 Å². The molecule has 0 heterocycles. The molecule has 0 aliphatic heterocycles. The number of benzene rings is 2. The third kappa shape index (κ3) is 5.63. The maximum absolute atomic E-state index is 5.71. The topological polar surface area (TPSA) is 42.5 Å². The molecule has 0 aliphatic rings. The Kier molecular flexibility index (Phi) is 7.27. The second-order valence-electron chi connectivity index (χ2n) is 6.27. The summed E-state index contributed by atoms with van der Waals surface area (Å²) in [4.78, 5) is 0. The van der Waals surface area contributed by atoms with Gasteiger partial charge in [-0.25, -0.2) is 0 Å². The first-order valence-corrected chi connectivity index (χ1v) is 9.39. The monoisotopic (exact) mass is 372 g/mol. The smallest absolute Gasteiger partial charge is 0.171 e.